The number of hydrogen-bond donors (Lipinski definition) is 1. The monoisotopic (exact) mass is 452 g/mol. The number of hydrogen-bond acceptors (Lipinski definition) is 4. The van der Waals surface area contributed by atoms with E-state index in [4.69, 9.17) is 32.4 Å². The Morgan fingerprint density at radius 1 is 1.13 bits per heavy atom. The van der Waals surface area contributed by atoms with Gasteiger partial charge in [0.2, 0.25) is 11.8 Å². The van der Waals surface area contributed by atoms with Crippen molar-refractivity contribution in [2.75, 3.05) is 12.4 Å². The molecule has 1 amide bonds. The van der Waals surface area contributed by atoms with E-state index in [9.17, 15) is 4.79 Å². The lowest BCUT2D eigenvalue weighted by Gasteiger charge is -2.10. The minimum Gasteiger partial charge on any atom is -0.495 e. The number of carbonyl (C=O) groups excluding carboxylic acids is 1. The normalized spacial score (nSPS) is 11.2. The van der Waals surface area contributed by atoms with Crippen molar-refractivity contribution in [3.05, 3.63) is 81.8 Å². The average molecular weight is 453 g/mol. The fourth-order valence-corrected chi connectivity index (χ4v) is 3.84. The van der Waals surface area contributed by atoms with Gasteiger partial charge in [-0.3, -0.25) is 4.79 Å². The van der Waals surface area contributed by atoms with E-state index in [1.165, 1.54) is 13.2 Å². The standard InChI is InChI=1S/C24H18Cl2N2O3/c1-14-17(24-28-20-7-3-4-9-21(20)31-24)6-5-8-19(14)27-22(29)11-10-15-12-16(25)13-18(26)23(15)30-2/h3-13H,1-2H3,(H,27,29)/b11-10+. The number of halogens is 2. The lowest BCUT2D eigenvalue weighted by atomic mass is 10.1. The fraction of sp³-hybridized carbons (Fsp3) is 0.0833. The molecule has 0 saturated heterocycles. The summed E-state index contributed by atoms with van der Waals surface area (Å²) in [5.74, 6) is 0.642. The minimum atomic E-state index is -0.309. The molecule has 4 aromatic rings. The van der Waals surface area contributed by atoms with Gasteiger partial charge in [0.15, 0.2) is 5.58 Å². The zero-order chi connectivity index (χ0) is 22.0. The Kier molecular flexibility index (Phi) is 5.98. The van der Waals surface area contributed by atoms with Crippen molar-refractivity contribution in [2.45, 2.75) is 6.92 Å². The van der Waals surface area contributed by atoms with E-state index in [1.807, 2.05) is 49.4 Å². The molecule has 0 radical (unpaired) electrons. The number of amides is 1. The van der Waals surface area contributed by atoms with Gasteiger partial charge in [-0.25, -0.2) is 4.98 Å². The predicted molar refractivity (Wildman–Crippen MR) is 125 cm³/mol. The maximum Gasteiger partial charge on any atom is 0.248 e. The highest BCUT2D eigenvalue weighted by Crippen LogP contribution is 2.33. The first-order valence-electron chi connectivity index (χ1n) is 9.44. The van der Waals surface area contributed by atoms with Gasteiger partial charge in [0.05, 0.1) is 12.1 Å². The number of methoxy groups -OCH3 is 1. The Morgan fingerprint density at radius 2 is 1.94 bits per heavy atom. The molecule has 3 aromatic carbocycles. The molecule has 0 aliphatic carbocycles. The second-order valence-electron chi connectivity index (χ2n) is 6.80. The highest BCUT2D eigenvalue weighted by Gasteiger charge is 2.14. The summed E-state index contributed by atoms with van der Waals surface area (Å²) in [4.78, 5) is 17.1. The molecular weight excluding hydrogens is 435 g/mol. The molecule has 1 heterocycles. The van der Waals surface area contributed by atoms with Crippen LogP contribution in [-0.4, -0.2) is 18.0 Å². The molecule has 0 fully saturated rings. The van der Waals surface area contributed by atoms with Gasteiger partial charge in [-0.05, 0) is 55.0 Å². The Labute approximate surface area is 189 Å². The predicted octanol–water partition coefficient (Wildman–Crippen LogP) is 6.77. The maximum absolute atomic E-state index is 12.6. The lowest BCUT2D eigenvalue weighted by Crippen LogP contribution is -2.09. The summed E-state index contributed by atoms with van der Waals surface area (Å²) in [6.07, 6.45) is 3.00. The second kappa shape index (κ2) is 8.84. The number of anilines is 1. The van der Waals surface area contributed by atoms with E-state index < -0.39 is 0 Å². The topological polar surface area (TPSA) is 64.4 Å². The molecule has 0 aliphatic heterocycles. The van der Waals surface area contributed by atoms with Crippen molar-refractivity contribution >= 4 is 52.0 Å². The van der Waals surface area contributed by atoms with Crippen LogP contribution in [0, 0.1) is 6.92 Å². The van der Waals surface area contributed by atoms with Crippen LogP contribution in [0.1, 0.15) is 11.1 Å². The van der Waals surface area contributed by atoms with Crippen molar-refractivity contribution in [1.29, 1.82) is 0 Å². The summed E-state index contributed by atoms with van der Waals surface area (Å²) in [6, 6.07) is 16.4. The van der Waals surface area contributed by atoms with Crippen LogP contribution < -0.4 is 10.1 Å². The van der Waals surface area contributed by atoms with E-state index >= 15 is 0 Å². The molecule has 1 aromatic heterocycles. The van der Waals surface area contributed by atoms with E-state index in [0.717, 1.165) is 16.6 Å². The summed E-state index contributed by atoms with van der Waals surface area (Å²) in [6.45, 7) is 1.91. The Hall–Kier alpha value is -3.28. The SMILES string of the molecule is COc1c(Cl)cc(Cl)cc1/C=C/C(=O)Nc1cccc(-c2nc3ccccc3o2)c1C. The number of nitrogens with one attached hydrogen (secondary N) is 1. The molecular formula is C24H18Cl2N2O3. The van der Waals surface area contributed by atoms with Crippen LogP contribution in [0.5, 0.6) is 5.75 Å². The fourth-order valence-electron chi connectivity index (χ4n) is 3.25. The summed E-state index contributed by atoms with van der Waals surface area (Å²) in [7, 11) is 1.51. The van der Waals surface area contributed by atoms with Gasteiger partial charge >= 0.3 is 0 Å². The van der Waals surface area contributed by atoms with Gasteiger partial charge in [0.25, 0.3) is 0 Å². The first-order valence-corrected chi connectivity index (χ1v) is 10.2. The molecule has 0 saturated carbocycles. The quantitative estimate of drug-likeness (QED) is 0.339. The minimum absolute atomic E-state index is 0.309. The van der Waals surface area contributed by atoms with E-state index in [-0.39, 0.29) is 5.91 Å². The molecule has 0 bridgehead atoms. The molecule has 5 nitrogen and oxygen atoms in total. The smallest absolute Gasteiger partial charge is 0.248 e. The Morgan fingerprint density at radius 3 is 2.71 bits per heavy atom. The molecule has 0 spiro atoms. The van der Waals surface area contributed by atoms with Crippen LogP contribution in [0.15, 0.2) is 65.1 Å². The number of para-hydroxylation sites is 2. The Bertz CT molecular complexity index is 1280. The van der Waals surface area contributed by atoms with E-state index in [0.29, 0.717) is 38.5 Å². The second-order valence-corrected chi connectivity index (χ2v) is 7.64. The number of carbonyl (C=O) groups is 1. The maximum atomic E-state index is 12.6. The number of benzene rings is 3. The number of rotatable bonds is 5. The zero-order valence-corrected chi connectivity index (χ0v) is 18.3. The number of oxazole rings is 1. The van der Waals surface area contributed by atoms with Gasteiger partial charge in [0, 0.05) is 27.9 Å². The van der Waals surface area contributed by atoms with Gasteiger partial charge < -0.3 is 14.5 Å². The molecule has 0 atom stereocenters. The lowest BCUT2D eigenvalue weighted by molar-refractivity contribution is -0.111. The average Bonchev–Trinajstić information content (AvgIpc) is 3.17. The van der Waals surface area contributed by atoms with Gasteiger partial charge in [0.1, 0.15) is 11.3 Å². The third-order valence-corrected chi connectivity index (χ3v) is 5.27. The molecule has 0 aliphatic rings. The molecule has 1 N–H and O–H groups in total. The molecule has 0 unspecified atom stereocenters. The molecule has 156 valence electrons. The third-order valence-electron chi connectivity index (χ3n) is 4.77. The summed E-state index contributed by atoms with van der Waals surface area (Å²) >= 11 is 12.2. The van der Waals surface area contributed by atoms with E-state index in [2.05, 4.69) is 10.3 Å². The van der Waals surface area contributed by atoms with Crippen molar-refractivity contribution < 1.29 is 13.9 Å². The first-order chi connectivity index (χ1) is 15.0. The van der Waals surface area contributed by atoms with Crippen LogP contribution in [0.25, 0.3) is 28.6 Å². The first kappa shape index (κ1) is 21.0. The number of aromatic nitrogens is 1. The van der Waals surface area contributed by atoms with Crippen LogP contribution in [0.4, 0.5) is 5.69 Å². The molecule has 7 heteroatoms. The third kappa shape index (κ3) is 4.43. The molecule has 31 heavy (non-hydrogen) atoms. The van der Waals surface area contributed by atoms with Crippen LogP contribution >= 0.6 is 23.2 Å². The summed E-state index contributed by atoms with van der Waals surface area (Å²) in [5.41, 5.74) is 4.41. The van der Waals surface area contributed by atoms with Crippen molar-refractivity contribution in [3.8, 4) is 17.2 Å². The van der Waals surface area contributed by atoms with Crippen molar-refractivity contribution in [2.24, 2.45) is 0 Å². The van der Waals surface area contributed by atoms with Crippen molar-refractivity contribution in [3.63, 3.8) is 0 Å². The highest BCUT2D eigenvalue weighted by molar-refractivity contribution is 6.36. The zero-order valence-electron chi connectivity index (χ0n) is 16.8. The number of nitrogens with zero attached hydrogens (tertiary/aromatic N) is 1. The number of fused-ring (bicyclic) bond motifs is 1. The van der Waals surface area contributed by atoms with Crippen LogP contribution in [0.3, 0.4) is 0 Å². The van der Waals surface area contributed by atoms with Gasteiger partial charge in [-0.1, -0.05) is 41.4 Å². The van der Waals surface area contributed by atoms with Gasteiger partial charge in [-0.15, -0.1) is 0 Å². The molecule has 4 rings (SSSR count). The highest BCUT2D eigenvalue weighted by atomic mass is 35.5. The van der Waals surface area contributed by atoms with Crippen LogP contribution in [0.2, 0.25) is 10.0 Å². The van der Waals surface area contributed by atoms with Crippen LogP contribution in [-0.2, 0) is 4.79 Å². The Balaban J connectivity index is 1.58. The summed E-state index contributed by atoms with van der Waals surface area (Å²) in [5, 5.41) is 3.71. The largest absolute Gasteiger partial charge is 0.495 e. The number of ether oxygens (including phenoxy) is 1. The van der Waals surface area contributed by atoms with E-state index in [1.54, 1.807) is 18.2 Å². The van der Waals surface area contributed by atoms with Crippen molar-refractivity contribution in [1.82, 2.24) is 4.98 Å². The summed E-state index contributed by atoms with van der Waals surface area (Å²) < 4.78 is 11.2. The van der Waals surface area contributed by atoms with Gasteiger partial charge in [-0.2, -0.15) is 0 Å².